The predicted molar refractivity (Wildman–Crippen MR) is 75.0 cm³/mol. The summed E-state index contributed by atoms with van der Waals surface area (Å²) in [6.45, 7) is 9.76. The van der Waals surface area contributed by atoms with E-state index in [1.54, 1.807) is 11.1 Å². The van der Waals surface area contributed by atoms with E-state index in [0.29, 0.717) is 0 Å². The third-order valence-electron chi connectivity index (χ3n) is 3.76. The van der Waals surface area contributed by atoms with Crippen LogP contribution in [0, 0.1) is 0 Å². The first kappa shape index (κ1) is 13.5. The van der Waals surface area contributed by atoms with Crippen LogP contribution < -0.4 is 0 Å². The molecule has 0 atom stereocenters. The van der Waals surface area contributed by atoms with Gasteiger partial charge >= 0.3 is 114 Å². The van der Waals surface area contributed by atoms with E-state index in [1.807, 2.05) is 6.56 Å². The summed E-state index contributed by atoms with van der Waals surface area (Å²) in [6, 6.07) is 0. The molecule has 0 aromatic carbocycles. The molecule has 0 saturated heterocycles. The van der Waals surface area contributed by atoms with Crippen molar-refractivity contribution in [3.8, 4) is 0 Å². The molecule has 0 saturated carbocycles. The van der Waals surface area contributed by atoms with Crippen LogP contribution in [-0.2, 0) is 20.4 Å². The molecule has 0 N–H and O–H groups in total. The molecule has 0 aliphatic heterocycles. The molecular weight excluding hydrogens is 299 g/mol. The van der Waals surface area contributed by atoms with Crippen LogP contribution in [0.25, 0.3) is 0 Å². The fourth-order valence-electron chi connectivity index (χ4n) is 2.87. The van der Waals surface area contributed by atoms with Gasteiger partial charge in [0.25, 0.3) is 0 Å². The van der Waals surface area contributed by atoms with Crippen molar-refractivity contribution in [1.29, 1.82) is 0 Å². The summed E-state index contributed by atoms with van der Waals surface area (Å²) in [5.41, 5.74) is 3.21. The van der Waals surface area contributed by atoms with Crippen molar-refractivity contribution >= 4 is 5.43 Å². The van der Waals surface area contributed by atoms with Crippen LogP contribution in [0.5, 0.6) is 0 Å². The van der Waals surface area contributed by atoms with Gasteiger partial charge in [-0.25, -0.2) is 0 Å². The molecule has 0 fully saturated rings. The standard InChI is InChI=1S/C8H11.C5H5.C2H6Si.Zr/c1-3-8-6-4-5-7(8)2;1-2-4-5-3-1;1-3-2;/h6H,3-4H2,1-2H3;1-3H,4H2;1-2H3;. The van der Waals surface area contributed by atoms with Crippen molar-refractivity contribution in [2.75, 3.05) is 0 Å². The summed E-state index contributed by atoms with van der Waals surface area (Å²) in [6.07, 6.45) is 13.3. The predicted octanol–water partition coefficient (Wildman–Crippen LogP) is 4.71. The summed E-state index contributed by atoms with van der Waals surface area (Å²) >= 11 is -1.44. The van der Waals surface area contributed by atoms with Gasteiger partial charge in [-0.3, -0.25) is 0 Å². The minimum atomic E-state index is -1.44. The van der Waals surface area contributed by atoms with Gasteiger partial charge in [0.1, 0.15) is 0 Å². The number of hydrogen-bond donors (Lipinski definition) is 0. The molecule has 0 aromatic rings. The van der Waals surface area contributed by atoms with Crippen molar-refractivity contribution in [2.45, 2.75) is 46.2 Å². The molecule has 0 spiro atoms. The normalized spacial score (nSPS) is 18.6. The first-order valence-electron chi connectivity index (χ1n) is 6.58. The molecule has 0 nitrogen and oxygen atoms in total. The van der Waals surface area contributed by atoms with Crippen molar-refractivity contribution < 1.29 is 20.4 Å². The van der Waals surface area contributed by atoms with Crippen LogP contribution in [0.3, 0.4) is 0 Å². The second kappa shape index (κ2) is 5.80. The molecule has 0 unspecified atom stereocenters. The van der Waals surface area contributed by atoms with Crippen LogP contribution in [0.15, 0.2) is 42.0 Å². The van der Waals surface area contributed by atoms with E-state index in [-0.39, 0.29) is 5.43 Å². The quantitative estimate of drug-likeness (QED) is 0.660. The molecule has 17 heavy (non-hydrogen) atoms. The fraction of sp³-hybridized carbons (Fsp3) is 0.467. The maximum absolute atomic E-state index is 2.54. The summed E-state index contributed by atoms with van der Waals surface area (Å²) in [4.78, 5) is 0. The molecule has 2 aliphatic carbocycles. The maximum atomic E-state index is 2.54. The summed E-state index contributed by atoms with van der Waals surface area (Å²) in [5.74, 6) is 0. The van der Waals surface area contributed by atoms with Crippen LogP contribution in [-0.4, -0.2) is 5.43 Å². The fourth-order valence-corrected chi connectivity index (χ4v) is 20.6. The van der Waals surface area contributed by atoms with Crippen LogP contribution in [0.2, 0.25) is 13.1 Å². The molecule has 0 amide bonds. The molecule has 2 rings (SSSR count). The van der Waals surface area contributed by atoms with E-state index in [0.717, 1.165) is 0 Å². The molecule has 2 aliphatic rings. The number of hydrogen-bond acceptors (Lipinski definition) is 0. The Bertz CT molecular complexity index is 483. The van der Waals surface area contributed by atoms with Crippen molar-refractivity contribution in [2.24, 2.45) is 0 Å². The number of allylic oxidation sites excluding steroid dienone is 8. The summed E-state index contributed by atoms with van der Waals surface area (Å²) in [5, 5.41) is 0. The zero-order chi connectivity index (χ0) is 12.4. The Kier molecular flexibility index (Phi) is 4.60. The molecule has 2 heteroatoms. The van der Waals surface area contributed by atoms with Gasteiger partial charge in [0, 0.05) is 0 Å². The molecular formula is C15H22SiZr. The zero-order valence-electron chi connectivity index (χ0n) is 11.4. The van der Waals surface area contributed by atoms with E-state index in [9.17, 15) is 0 Å². The first-order valence-corrected chi connectivity index (χ1v) is 15.2. The molecule has 90 valence electrons. The Balaban J connectivity index is 2.39. The van der Waals surface area contributed by atoms with Crippen molar-refractivity contribution in [1.82, 2.24) is 0 Å². The van der Waals surface area contributed by atoms with Gasteiger partial charge < -0.3 is 0 Å². The third kappa shape index (κ3) is 2.74. The van der Waals surface area contributed by atoms with Gasteiger partial charge in [-0.1, -0.05) is 0 Å². The topological polar surface area (TPSA) is 0 Å². The Morgan fingerprint density at radius 3 is 2.53 bits per heavy atom. The Labute approximate surface area is 113 Å². The average Bonchev–Trinajstić information content (AvgIpc) is 2.90. The van der Waals surface area contributed by atoms with Gasteiger partial charge in [-0.05, 0) is 0 Å². The molecule has 0 heterocycles. The van der Waals surface area contributed by atoms with Gasteiger partial charge in [-0.15, -0.1) is 0 Å². The monoisotopic (exact) mass is 320 g/mol. The molecule has 0 radical (unpaired) electrons. The van der Waals surface area contributed by atoms with Crippen molar-refractivity contribution in [3.05, 3.63) is 42.0 Å². The van der Waals surface area contributed by atoms with E-state index in [2.05, 4.69) is 51.2 Å². The van der Waals surface area contributed by atoms with Crippen LogP contribution in [0.4, 0.5) is 0 Å². The summed E-state index contributed by atoms with van der Waals surface area (Å²) in [7, 11) is 0. The first-order chi connectivity index (χ1) is 8.15. The number of rotatable bonds is 3. The molecule has 0 bridgehead atoms. The van der Waals surface area contributed by atoms with Gasteiger partial charge in [-0.2, -0.15) is 0 Å². The Hall–Kier alpha value is 0.0600. The zero-order valence-corrected chi connectivity index (χ0v) is 14.9. The second-order valence-electron chi connectivity index (χ2n) is 5.09. The van der Waals surface area contributed by atoms with Crippen LogP contribution in [0.1, 0.15) is 33.1 Å². The Morgan fingerprint density at radius 1 is 1.29 bits per heavy atom. The van der Waals surface area contributed by atoms with Crippen molar-refractivity contribution in [3.63, 3.8) is 0 Å². The van der Waals surface area contributed by atoms with Gasteiger partial charge in [0.15, 0.2) is 0 Å². The van der Waals surface area contributed by atoms with Gasteiger partial charge in [0.05, 0.1) is 0 Å². The van der Waals surface area contributed by atoms with E-state index < -0.39 is 20.4 Å². The van der Waals surface area contributed by atoms with E-state index in [1.165, 1.54) is 19.3 Å². The van der Waals surface area contributed by atoms with Gasteiger partial charge in [0.2, 0.25) is 0 Å². The molecule has 0 aromatic heterocycles. The van der Waals surface area contributed by atoms with Crippen LogP contribution >= 0.6 is 0 Å². The van der Waals surface area contributed by atoms with E-state index in [4.69, 9.17) is 0 Å². The minimum absolute atomic E-state index is 0.105. The average molecular weight is 322 g/mol. The summed E-state index contributed by atoms with van der Waals surface area (Å²) < 4.78 is 3.77. The SMILES string of the molecule is CCC1=CC[C]([Zr]([C]2=CC=CC2)=[Si](C)C)=C1C. The third-order valence-corrected chi connectivity index (χ3v) is 21.2. The van der Waals surface area contributed by atoms with E-state index >= 15 is 0 Å². The second-order valence-corrected chi connectivity index (χ2v) is 22.3. The Morgan fingerprint density at radius 2 is 2.06 bits per heavy atom.